The zero-order valence-electron chi connectivity index (χ0n) is 15.1. The molecule has 0 bridgehead atoms. The van der Waals surface area contributed by atoms with Crippen LogP contribution in [-0.4, -0.2) is 65.8 Å². The van der Waals surface area contributed by atoms with E-state index in [0.29, 0.717) is 18.1 Å². The van der Waals surface area contributed by atoms with Crippen LogP contribution < -0.4 is 10.6 Å². The van der Waals surface area contributed by atoms with Gasteiger partial charge in [0.25, 0.3) is 0 Å². The molecule has 0 fully saturated rings. The first kappa shape index (κ1) is 23.4. The van der Waals surface area contributed by atoms with Crippen molar-refractivity contribution in [1.82, 2.24) is 10.6 Å². The van der Waals surface area contributed by atoms with Gasteiger partial charge in [0.15, 0.2) is 0 Å². The van der Waals surface area contributed by atoms with Crippen molar-refractivity contribution in [2.45, 2.75) is 33.3 Å². The van der Waals surface area contributed by atoms with Crippen molar-refractivity contribution in [1.29, 1.82) is 0 Å². The number of ether oxygens (including phenoxy) is 1. The molecule has 9 heteroatoms. The minimum atomic E-state index is -1.36. The molecule has 0 aliphatic heterocycles. The summed E-state index contributed by atoms with van der Waals surface area (Å²) < 4.78 is 4.86. The fourth-order valence-corrected chi connectivity index (χ4v) is 2.19. The van der Waals surface area contributed by atoms with E-state index in [1.807, 2.05) is 0 Å². The minimum Gasteiger partial charge on any atom is -0.501 e. The van der Waals surface area contributed by atoms with Gasteiger partial charge in [0.05, 0.1) is 19.5 Å². The van der Waals surface area contributed by atoms with Crippen LogP contribution in [0.2, 0.25) is 0 Å². The van der Waals surface area contributed by atoms with E-state index in [1.54, 1.807) is 20.8 Å². The van der Waals surface area contributed by atoms with E-state index >= 15 is 0 Å². The Balaban J connectivity index is 3.92. The molecule has 8 nitrogen and oxygen atoms in total. The number of amides is 2. The van der Waals surface area contributed by atoms with E-state index in [-0.39, 0.29) is 30.6 Å². The standard InChI is InChI=1S/C16H28N2O6S/c1-11(24-4)9-13(21)25-8-7-17-12(20)5-6-18-15(23)14(22)16(2,3)10-19/h9,14,19,22H,5-8,10H2,1-4H3,(H,17,20)(H,18,23)/b11-9+/t14-/m0/s1. The number of aliphatic hydroxyl groups excluding tert-OH is 2. The van der Waals surface area contributed by atoms with Crippen molar-refractivity contribution in [2.75, 3.05) is 32.6 Å². The Hall–Kier alpha value is -1.58. The van der Waals surface area contributed by atoms with E-state index in [9.17, 15) is 19.5 Å². The maximum absolute atomic E-state index is 11.7. The molecule has 1 atom stereocenters. The first-order valence-corrected chi connectivity index (χ1v) is 8.85. The molecule has 0 saturated heterocycles. The summed E-state index contributed by atoms with van der Waals surface area (Å²) in [6, 6.07) is 0. The Kier molecular flexibility index (Phi) is 11.1. The zero-order valence-corrected chi connectivity index (χ0v) is 15.9. The number of allylic oxidation sites excluding steroid dienone is 1. The van der Waals surface area contributed by atoms with Gasteiger partial charge in [-0.25, -0.2) is 0 Å². The highest BCUT2D eigenvalue weighted by molar-refractivity contribution is 8.14. The van der Waals surface area contributed by atoms with Gasteiger partial charge in [-0.2, -0.15) is 0 Å². The summed E-state index contributed by atoms with van der Waals surface area (Å²) in [4.78, 5) is 34.8. The number of hydrogen-bond donors (Lipinski definition) is 4. The third-order valence-corrected chi connectivity index (χ3v) is 4.17. The number of carbonyl (C=O) groups excluding carboxylic acids is 3. The molecule has 25 heavy (non-hydrogen) atoms. The number of rotatable bonds is 11. The summed E-state index contributed by atoms with van der Waals surface area (Å²) in [7, 11) is 1.48. The van der Waals surface area contributed by atoms with E-state index < -0.39 is 17.4 Å². The van der Waals surface area contributed by atoms with Gasteiger partial charge in [-0.3, -0.25) is 14.4 Å². The molecule has 0 aliphatic rings. The highest BCUT2D eigenvalue weighted by Crippen LogP contribution is 2.19. The van der Waals surface area contributed by atoms with Crippen LogP contribution >= 0.6 is 11.8 Å². The molecule has 0 aliphatic carbocycles. The smallest absolute Gasteiger partial charge is 0.249 e. The number of carbonyl (C=O) groups is 3. The van der Waals surface area contributed by atoms with Gasteiger partial charge in [0.1, 0.15) is 6.10 Å². The molecule has 2 amide bonds. The van der Waals surface area contributed by atoms with E-state index in [1.165, 1.54) is 13.2 Å². The number of aliphatic hydroxyl groups is 2. The quantitative estimate of drug-likeness (QED) is 0.223. The van der Waals surface area contributed by atoms with Gasteiger partial charge < -0.3 is 25.6 Å². The number of nitrogens with one attached hydrogen (secondary N) is 2. The normalized spacial score (nSPS) is 13.1. The fourth-order valence-electron chi connectivity index (χ4n) is 1.53. The van der Waals surface area contributed by atoms with E-state index in [4.69, 9.17) is 9.84 Å². The topological polar surface area (TPSA) is 125 Å². The van der Waals surface area contributed by atoms with E-state index in [2.05, 4.69) is 10.6 Å². The lowest BCUT2D eigenvalue weighted by Crippen LogP contribution is -2.46. The van der Waals surface area contributed by atoms with Gasteiger partial charge in [-0.1, -0.05) is 25.6 Å². The van der Waals surface area contributed by atoms with Gasteiger partial charge in [-0.15, -0.1) is 0 Å². The molecular formula is C16H28N2O6S. The average Bonchev–Trinajstić information content (AvgIpc) is 2.57. The Morgan fingerprint density at radius 2 is 1.88 bits per heavy atom. The summed E-state index contributed by atoms with van der Waals surface area (Å²) >= 11 is 1.06. The molecule has 0 heterocycles. The molecule has 0 aromatic rings. The van der Waals surface area contributed by atoms with Crippen molar-refractivity contribution >= 4 is 28.7 Å². The number of methoxy groups -OCH3 is 1. The molecule has 0 radical (unpaired) electrons. The van der Waals surface area contributed by atoms with Crippen molar-refractivity contribution in [3.63, 3.8) is 0 Å². The molecule has 0 saturated carbocycles. The van der Waals surface area contributed by atoms with Gasteiger partial charge in [0, 0.05) is 36.8 Å². The highest BCUT2D eigenvalue weighted by atomic mass is 32.2. The lowest BCUT2D eigenvalue weighted by molar-refractivity contribution is -0.137. The monoisotopic (exact) mass is 376 g/mol. The molecule has 0 aromatic carbocycles. The summed E-state index contributed by atoms with van der Waals surface area (Å²) in [5, 5.41) is 23.8. The van der Waals surface area contributed by atoms with E-state index in [0.717, 1.165) is 11.8 Å². The van der Waals surface area contributed by atoms with Crippen LogP contribution in [-0.2, 0) is 19.1 Å². The summed E-state index contributed by atoms with van der Waals surface area (Å²) in [6.07, 6.45) is 0.0761. The minimum absolute atomic E-state index is 0.0549. The van der Waals surface area contributed by atoms with Gasteiger partial charge in [-0.05, 0) is 6.92 Å². The van der Waals surface area contributed by atoms with Crippen LogP contribution in [0.15, 0.2) is 11.8 Å². The Morgan fingerprint density at radius 3 is 2.44 bits per heavy atom. The second-order valence-corrected chi connectivity index (χ2v) is 7.17. The average molecular weight is 376 g/mol. The summed E-state index contributed by atoms with van der Waals surface area (Å²) in [5.41, 5.74) is -0.953. The Morgan fingerprint density at radius 1 is 1.24 bits per heavy atom. The van der Waals surface area contributed by atoms with Crippen LogP contribution in [0.3, 0.4) is 0 Å². The number of hydrogen-bond acceptors (Lipinski definition) is 7. The third-order valence-electron chi connectivity index (χ3n) is 3.36. The first-order chi connectivity index (χ1) is 11.6. The fraction of sp³-hybridized carbons (Fsp3) is 0.688. The summed E-state index contributed by atoms with van der Waals surface area (Å²) in [6.45, 7) is 4.86. The van der Waals surface area contributed by atoms with Crippen LogP contribution in [0.25, 0.3) is 0 Å². The Bertz CT molecular complexity index is 493. The lowest BCUT2D eigenvalue weighted by Gasteiger charge is -2.27. The largest absolute Gasteiger partial charge is 0.501 e. The molecule has 0 spiro atoms. The van der Waals surface area contributed by atoms with Crippen LogP contribution in [0, 0.1) is 5.41 Å². The zero-order chi connectivity index (χ0) is 19.5. The van der Waals surface area contributed by atoms with Gasteiger partial charge >= 0.3 is 0 Å². The molecule has 4 N–H and O–H groups in total. The van der Waals surface area contributed by atoms with Crippen LogP contribution in [0.1, 0.15) is 27.2 Å². The molecular weight excluding hydrogens is 348 g/mol. The maximum Gasteiger partial charge on any atom is 0.249 e. The maximum atomic E-state index is 11.7. The van der Waals surface area contributed by atoms with Crippen molar-refractivity contribution in [2.24, 2.45) is 5.41 Å². The Labute approximate surface area is 152 Å². The first-order valence-electron chi connectivity index (χ1n) is 7.86. The van der Waals surface area contributed by atoms with Crippen LogP contribution in [0.5, 0.6) is 0 Å². The molecule has 0 unspecified atom stereocenters. The van der Waals surface area contributed by atoms with Crippen molar-refractivity contribution in [3.8, 4) is 0 Å². The van der Waals surface area contributed by atoms with Crippen LogP contribution in [0.4, 0.5) is 0 Å². The lowest BCUT2D eigenvalue weighted by atomic mass is 9.87. The molecule has 0 aromatic heterocycles. The second-order valence-electron chi connectivity index (χ2n) is 6.07. The third kappa shape index (κ3) is 10.1. The SMILES string of the molecule is CO/C(C)=C/C(=O)SCCNC(=O)CCNC(=O)[C@H](O)C(C)(C)CO. The van der Waals surface area contributed by atoms with Gasteiger partial charge in [0.2, 0.25) is 16.9 Å². The predicted octanol–water partition coefficient (Wildman–Crippen LogP) is -0.202. The van der Waals surface area contributed by atoms with Crippen molar-refractivity contribution in [3.05, 3.63) is 11.8 Å². The number of thioether (sulfide) groups is 1. The summed E-state index contributed by atoms with van der Waals surface area (Å²) in [5.74, 6) is 0.0402. The van der Waals surface area contributed by atoms with Crippen molar-refractivity contribution < 1.29 is 29.3 Å². The second kappa shape index (κ2) is 11.9. The highest BCUT2D eigenvalue weighted by Gasteiger charge is 2.32. The molecule has 144 valence electrons. The predicted molar refractivity (Wildman–Crippen MR) is 95.7 cm³/mol. The molecule has 0 rings (SSSR count).